The molecule has 0 saturated carbocycles. The van der Waals surface area contributed by atoms with Crippen LogP contribution < -0.4 is 0 Å². The van der Waals surface area contributed by atoms with E-state index in [1.165, 1.54) is 6.08 Å². The van der Waals surface area contributed by atoms with Crippen molar-refractivity contribution in [3.8, 4) is 12.3 Å². The van der Waals surface area contributed by atoms with Crippen molar-refractivity contribution < 1.29 is 14.9 Å². The Kier molecular flexibility index (Phi) is 6.81. The number of rotatable bonds is 4. The third kappa shape index (κ3) is 4.77. The fraction of sp³-hybridized carbons (Fsp3) is 0.600. The van der Waals surface area contributed by atoms with Crippen molar-refractivity contribution in [3.63, 3.8) is 0 Å². The van der Waals surface area contributed by atoms with Crippen LogP contribution >= 0.6 is 15.9 Å². The lowest BCUT2D eigenvalue weighted by molar-refractivity contribution is -0.274. The van der Waals surface area contributed by atoms with Gasteiger partial charge >= 0.3 is 0 Å². The molecule has 0 aromatic carbocycles. The van der Waals surface area contributed by atoms with E-state index in [-0.39, 0.29) is 23.8 Å². The third-order valence-electron chi connectivity index (χ3n) is 3.19. The van der Waals surface area contributed by atoms with Gasteiger partial charge in [-0.2, -0.15) is 0 Å². The Balaban J connectivity index is 2.80. The summed E-state index contributed by atoms with van der Waals surface area (Å²) in [5.74, 6) is 0.785. The van der Waals surface area contributed by atoms with Gasteiger partial charge in [-0.1, -0.05) is 47.0 Å². The number of hydrogen-bond acceptors (Lipinski definition) is 3. The number of aliphatic hydroxyl groups excluding tert-OH is 1. The van der Waals surface area contributed by atoms with Crippen molar-refractivity contribution in [2.24, 2.45) is 0 Å². The maximum absolute atomic E-state index is 10.5. The van der Waals surface area contributed by atoms with Crippen molar-refractivity contribution >= 4 is 15.9 Å². The highest BCUT2D eigenvalue weighted by molar-refractivity contribution is 9.09. The van der Waals surface area contributed by atoms with E-state index in [2.05, 4.69) is 21.9 Å². The average molecular weight is 329 g/mol. The van der Waals surface area contributed by atoms with Gasteiger partial charge in [0.25, 0.3) is 0 Å². The number of aliphatic hydroxyl groups is 2. The van der Waals surface area contributed by atoms with Gasteiger partial charge in [-0.15, -0.1) is 6.42 Å². The normalized spacial score (nSPS) is 33.6. The number of terminal acetylenes is 1. The minimum atomic E-state index is -1.57. The smallest absolute Gasteiger partial charge is 0.196 e. The fourth-order valence-electron chi connectivity index (χ4n) is 2.02. The van der Waals surface area contributed by atoms with E-state index in [1.54, 1.807) is 6.08 Å². The van der Waals surface area contributed by atoms with Crippen LogP contribution in [0.5, 0.6) is 0 Å². The molecule has 0 aliphatic carbocycles. The zero-order chi connectivity index (χ0) is 14.3. The van der Waals surface area contributed by atoms with Gasteiger partial charge in [-0.05, 0) is 25.3 Å². The lowest BCUT2D eigenvalue weighted by Gasteiger charge is -2.37. The molecule has 19 heavy (non-hydrogen) atoms. The molecule has 0 saturated heterocycles. The molecule has 106 valence electrons. The predicted molar refractivity (Wildman–Crippen MR) is 79.8 cm³/mol. The van der Waals surface area contributed by atoms with Crippen molar-refractivity contribution in [3.05, 3.63) is 24.3 Å². The molecule has 4 heteroatoms. The summed E-state index contributed by atoms with van der Waals surface area (Å²) in [5.41, 5.74) is 0. The number of allylic oxidation sites excluding steroid dienone is 2. The Labute approximate surface area is 123 Å². The Morgan fingerprint density at radius 1 is 1.63 bits per heavy atom. The minimum absolute atomic E-state index is 0.133. The molecule has 0 aromatic rings. The molecule has 0 aromatic heterocycles. The van der Waals surface area contributed by atoms with Crippen LogP contribution in [0.4, 0.5) is 0 Å². The molecule has 1 aliphatic heterocycles. The topological polar surface area (TPSA) is 49.7 Å². The quantitative estimate of drug-likeness (QED) is 0.473. The Hall–Kier alpha value is -0.600. The first-order valence-electron chi connectivity index (χ1n) is 6.52. The lowest BCUT2D eigenvalue weighted by atomic mass is 9.99. The molecule has 1 rings (SSSR count). The highest BCUT2D eigenvalue weighted by atomic mass is 79.9. The molecule has 0 bridgehead atoms. The monoisotopic (exact) mass is 328 g/mol. The molecular formula is C15H21BrO3. The first-order chi connectivity index (χ1) is 9.03. The summed E-state index contributed by atoms with van der Waals surface area (Å²) in [5, 5.41) is 20.7. The fourth-order valence-corrected chi connectivity index (χ4v) is 2.71. The van der Waals surface area contributed by atoms with Crippen LogP contribution in [0.1, 0.15) is 32.6 Å². The van der Waals surface area contributed by atoms with E-state index in [9.17, 15) is 10.2 Å². The lowest BCUT2D eigenvalue weighted by Crippen LogP contribution is -2.49. The van der Waals surface area contributed by atoms with E-state index in [1.807, 2.05) is 19.1 Å². The van der Waals surface area contributed by atoms with Gasteiger partial charge in [-0.3, -0.25) is 0 Å². The van der Waals surface area contributed by atoms with Gasteiger partial charge in [0.2, 0.25) is 0 Å². The van der Waals surface area contributed by atoms with E-state index in [4.69, 9.17) is 11.2 Å². The number of halogens is 1. The first kappa shape index (κ1) is 16.5. The summed E-state index contributed by atoms with van der Waals surface area (Å²) >= 11 is 3.55. The van der Waals surface area contributed by atoms with E-state index >= 15 is 0 Å². The highest BCUT2D eigenvalue weighted by Crippen LogP contribution is 2.30. The third-order valence-corrected chi connectivity index (χ3v) is 4.16. The van der Waals surface area contributed by atoms with Crippen LogP contribution in [0, 0.1) is 12.3 Å². The van der Waals surface area contributed by atoms with E-state index in [0.29, 0.717) is 0 Å². The Morgan fingerprint density at radius 3 is 3.00 bits per heavy atom. The molecule has 4 atom stereocenters. The van der Waals surface area contributed by atoms with Gasteiger partial charge in [0.05, 0.1) is 6.10 Å². The second-order valence-corrected chi connectivity index (χ2v) is 5.83. The summed E-state index contributed by atoms with van der Waals surface area (Å²) in [6, 6.07) is 0. The Morgan fingerprint density at radius 2 is 2.37 bits per heavy atom. The van der Waals surface area contributed by atoms with Crippen molar-refractivity contribution in [1.29, 1.82) is 0 Å². The van der Waals surface area contributed by atoms with Crippen LogP contribution in [0.2, 0.25) is 0 Å². The number of hydrogen-bond donors (Lipinski definition) is 2. The average Bonchev–Trinajstić information content (AvgIpc) is 2.39. The van der Waals surface area contributed by atoms with Gasteiger partial charge in [-0.25, -0.2) is 0 Å². The molecule has 0 fully saturated rings. The number of alkyl halides is 1. The van der Waals surface area contributed by atoms with E-state index in [0.717, 1.165) is 12.8 Å². The summed E-state index contributed by atoms with van der Waals surface area (Å²) in [6.07, 6.45) is 13.1. The minimum Gasteiger partial charge on any atom is -0.387 e. The molecule has 2 N–H and O–H groups in total. The zero-order valence-electron chi connectivity index (χ0n) is 11.1. The van der Waals surface area contributed by atoms with Crippen LogP contribution in [0.25, 0.3) is 0 Å². The summed E-state index contributed by atoms with van der Waals surface area (Å²) in [4.78, 5) is 0.133. The van der Waals surface area contributed by atoms with Crippen LogP contribution in [0.3, 0.4) is 0 Å². The summed E-state index contributed by atoms with van der Waals surface area (Å²) in [7, 11) is 0. The molecule has 1 aliphatic rings. The highest BCUT2D eigenvalue weighted by Gasteiger charge is 2.39. The van der Waals surface area contributed by atoms with Gasteiger partial charge in [0.1, 0.15) is 6.10 Å². The van der Waals surface area contributed by atoms with Gasteiger partial charge < -0.3 is 14.9 Å². The first-order valence-corrected chi connectivity index (χ1v) is 7.43. The molecule has 3 nitrogen and oxygen atoms in total. The second kappa shape index (κ2) is 7.86. The van der Waals surface area contributed by atoms with Crippen molar-refractivity contribution in [2.45, 2.75) is 55.4 Å². The van der Waals surface area contributed by atoms with Crippen LogP contribution in [-0.4, -0.2) is 33.0 Å². The largest absolute Gasteiger partial charge is 0.387 e. The van der Waals surface area contributed by atoms with Gasteiger partial charge in [0.15, 0.2) is 5.79 Å². The molecule has 1 heterocycles. The van der Waals surface area contributed by atoms with Crippen molar-refractivity contribution in [2.75, 3.05) is 0 Å². The second-order valence-electron chi connectivity index (χ2n) is 4.66. The van der Waals surface area contributed by atoms with Gasteiger partial charge in [0, 0.05) is 11.2 Å². The molecule has 0 amide bonds. The maximum atomic E-state index is 10.5. The molecule has 2 unspecified atom stereocenters. The summed E-state index contributed by atoms with van der Waals surface area (Å²) < 4.78 is 5.75. The number of ether oxygens (including phenoxy) is 1. The van der Waals surface area contributed by atoms with Crippen LogP contribution in [0.15, 0.2) is 24.3 Å². The standard InChI is InChI=1S/C15H21BrO3/c1-3-5-6-10-14(17)15(18)11-8-7-9-12(16)13(4-2)19-15/h1,5-8,12-14,17-18H,4,9-11H2,2H3/t12-,13?,14+,15?/m0/s1. The maximum Gasteiger partial charge on any atom is 0.196 e. The van der Waals surface area contributed by atoms with Crippen LogP contribution in [-0.2, 0) is 4.74 Å². The predicted octanol–water partition coefficient (Wildman–Crippen LogP) is 2.52. The summed E-state index contributed by atoms with van der Waals surface area (Å²) in [6.45, 7) is 2.00. The van der Waals surface area contributed by atoms with E-state index < -0.39 is 11.9 Å². The van der Waals surface area contributed by atoms with Crippen molar-refractivity contribution in [1.82, 2.24) is 0 Å². The Bertz CT molecular complexity index is 372. The zero-order valence-corrected chi connectivity index (χ0v) is 12.7. The molecule has 0 spiro atoms. The SMILES string of the molecule is C#CC=CC[C@@H](O)C1(O)CC=CC[C@H](Br)C(CC)O1. The molecule has 0 radical (unpaired) electrons. The molecular weight excluding hydrogens is 308 g/mol.